The van der Waals surface area contributed by atoms with Crippen LogP contribution in [0.5, 0.6) is 0 Å². The number of carbonyl (C=O) groups is 2. The minimum absolute atomic E-state index is 0.139. The number of aliphatic hydroxyl groups is 1. The zero-order valence-corrected chi connectivity index (χ0v) is 13.7. The van der Waals surface area contributed by atoms with Crippen LogP contribution in [0, 0.1) is 0 Å². The predicted molar refractivity (Wildman–Crippen MR) is 82.7 cm³/mol. The second-order valence-corrected chi connectivity index (χ2v) is 5.58. The molecule has 1 saturated heterocycles. The van der Waals surface area contributed by atoms with Gasteiger partial charge in [-0.1, -0.05) is 30.3 Å². The summed E-state index contributed by atoms with van der Waals surface area (Å²) in [4.78, 5) is 22.2. The fourth-order valence-electron chi connectivity index (χ4n) is 2.44. The molecule has 1 aliphatic heterocycles. The first-order chi connectivity index (χ1) is 11.5. The lowest BCUT2D eigenvalue weighted by atomic mass is 10.0. The molecule has 1 unspecified atom stereocenters. The van der Waals surface area contributed by atoms with Gasteiger partial charge in [-0.2, -0.15) is 0 Å². The van der Waals surface area contributed by atoms with Crippen molar-refractivity contribution in [2.45, 2.75) is 51.5 Å². The molecule has 1 aliphatic rings. The molecule has 0 bridgehead atoms. The van der Waals surface area contributed by atoms with Gasteiger partial charge in [0.15, 0.2) is 6.29 Å². The van der Waals surface area contributed by atoms with E-state index in [1.807, 2.05) is 30.3 Å². The Labute approximate surface area is 140 Å². The van der Waals surface area contributed by atoms with Gasteiger partial charge in [0.2, 0.25) is 0 Å². The van der Waals surface area contributed by atoms with Gasteiger partial charge in [-0.15, -0.1) is 0 Å². The highest BCUT2D eigenvalue weighted by Gasteiger charge is 2.40. The molecule has 1 N–H and O–H groups in total. The number of carbonyl (C=O) groups excluding carboxylic acids is 2. The monoisotopic (exact) mass is 338 g/mol. The second-order valence-electron chi connectivity index (χ2n) is 5.58. The van der Waals surface area contributed by atoms with E-state index in [1.165, 1.54) is 13.8 Å². The standard InChI is InChI=1S/C17H22O7/c1-11(18)21-10-15-17(20)14(23-12(2)19)8-16(24-15)22-9-13-6-4-3-5-7-13/h3-7,14-17,20H,8-10H2,1-2H3/t14-,15-,16?,17+/m1/s1. The van der Waals surface area contributed by atoms with Gasteiger partial charge < -0.3 is 24.1 Å². The van der Waals surface area contributed by atoms with Crippen molar-refractivity contribution in [3.8, 4) is 0 Å². The second kappa shape index (κ2) is 8.77. The van der Waals surface area contributed by atoms with Crippen LogP contribution in [-0.4, -0.2) is 48.3 Å². The van der Waals surface area contributed by atoms with E-state index >= 15 is 0 Å². The third-order valence-electron chi connectivity index (χ3n) is 3.56. The molecule has 2 rings (SSSR count). The maximum absolute atomic E-state index is 11.2. The van der Waals surface area contributed by atoms with Crippen LogP contribution in [0.15, 0.2) is 30.3 Å². The average Bonchev–Trinajstić information content (AvgIpc) is 2.54. The Hall–Kier alpha value is -1.96. The SMILES string of the molecule is CC(=O)OC[C@H]1OC(OCc2ccccc2)C[C@@H](OC(C)=O)[C@@H]1O. The summed E-state index contributed by atoms with van der Waals surface area (Å²) in [7, 11) is 0. The van der Waals surface area contributed by atoms with E-state index in [4.69, 9.17) is 18.9 Å². The summed E-state index contributed by atoms with van der Waals surface area (Å²) in [5.41, 5.74) is 0.966. The van der Waals surface area contributed by atoms with Crippen LogP contribution >= 0.6 is 0 Å². The van der Waals surface area contributed by atoms with Crippen LogP contribution in [0.1, 0.15) is 25.8 Å². The van der Waals surface area contributed by atoms with E-state index in [2.05, 4.69) is 0 Å². The minimum atomic E-state index is -1.09. The highest BCUT2D eigenvalue weighted by atomic mass is 16.7. The number of rotatable bonds is 6. The number of aliphatic hydroxyl groups excluding tert-OH is 1. The van der Waals surface area contributed by atoms with Gasteiger partial charge >= 0.3 is 11.9 Å². The highest BCUT2D eigenvalue weighted by molar-refractivity contribution is 5.66. The topological polar surface area (TPSA) is 91.3 Å². The minimum Gasteiger partial charge on any atom is -0.463 e. The lowest BCUT2D eigenvalue weighted by Gasteiger charge is -2.38. The van der Waals surface area contributed by atoms with Crippen LogP contribution in [-0.2, 0) is 35.1 Å². The fourth-order valence-corrected chi connectivity index (χ4v) is 2.44. The molecule has 1 fully saturated rings. The number of esters is 2. The Kier molecular flexibility index (Phi) is 6.72. The molecule has 0 saturated carbocycles. The zero-order chi connectivity index (χ0) is 17.5. The number of hydrogen-bond donors (Lipinski definition) is 1. The first-order valence-corrected chi connectivity index (χ1v) is 7.75. The van der Waals surface area contributed by atoms with Crippen molar-refractivity contribution < 1.29 is 33.6 Å². The van der Waals surface area contributed by atoms with E-state index in [1.54, 1.807) is 0 Å². The molecule has 4 atom stereocenters. The molecule has 24 heavy (non-hydrogen) atoms. The summed E-state index contributed by atoms with van der Waals surface area (Å²) in [6, 6.07) is 9.53. The lowest BCUT2D eigenvalue weighted by Crippen LogP contribution is -2.52. The van der Waals surface area contributed by atoms with Crippen LogP contribution in [0.4, 0.5) is 0 Å². The fraction of sp³-hybridized carbons (Fsp3) is 0.529. The summed E-state index contributed by atoms with van der Waals surface area (Å²) in [5.74, 6) is -0.990. The lowest BCUT2D eigenvalue weighted by molar-refractivity contribution is -0.265. The maximum Gasteiger partial charge on any atom is 0.302 e. The van der Waals surface area contributed by atoms with Gasteiger partial charge in [0.25, 0.3) is 0 Å². The normalized spacial score (nSPS) is 26.6. The van der Waals surface area contributed by atoms with Gasteiger partial charge in [0.05, 0.1) is 6.61 Å². The Bertz CT molecular complexity index is 545. The van der Waals surface area contributed by atoms with Crippen molar-refractivity contribution >= 4 is 11.9 Å². The van der Waals surface area contributed by atoms with Crippen LogP contribution in [0.25, 0.3) is 0 Å². The Morgan fingerprint density at radius 3 is 2.54 bits per heavy atom. The van der Waals surface area contributed by atoms with E-state index < -0.39 is 36.5 Å². The largest absolute Gasteiger partial charge is 0.463 e. The Balaban J connectivity index is 1.98. The van der Waals surface area contributed by atoms with Crippen molar-refractivity contribution in [1.82, 2.24) is 0 Å². The predicted octanol–water partition coefficient (Wildman–Crippen LogP) is 1.17. The number of ether oxygens (including phenoxy) is 4. The van der Waals surface area contributed by atoms with Crippen LogP contribution in [0.3, 0.4) is 0 Å². The molecule has 0 spiro atoms. The first kappa shape index (κ1) is 18.4. The van der Waals surface area contributed by atoms with Crippen molar-refractivity contribution in [3.05, 3.63) is 35.9 Å². The molecule has 1 heterocycles. The molecule has 0 radical (unpaired) electrons. The molecular weight excluding hydrogens is 316 g/mol. The van der Waals surface area contributed by atoms with E-state index in [-0.39, 0.29) is 13.0 Å². The molecule has 0 aromatic heterocycles. The van der Waals surface area contributed by atoms with Crippen molar-refractivity contribution in [3.63, 3.8) is 0 Å². The summed E-state index contributed by atoms with van der Waals surface area (Å²) in [6.45, 7) is 2.71. The average molecular weight is 338 g/mol. The van der Waals surface area contributed by atoms with E-state index in [0.717, 1.165) is 5.56 Å². The molecule has 0 aliphatic carbocycles. The van der Waals surface area contributed by atoms with Gasteiger partial charge in [-0.25, -0.2) is 0 Å². The zero-order valence-electron chi connectivity index (χ0n) is 13.7. The van der Waals surface area contributed by atoms with Gasteiger partial charge in [0, 0.05) is 20.3 Å². The molecule has 1 aromatic carbocycles. The summed E-state index contributed by atoms with van der Waals surface area (Å²) in [5, 5.41) is 10.2. The smallest absolute Gasteiger partial charge is 0.302 e. The van der Waals surface area contributed by atoms with Crippen LogP contribution in [0.2, 0.25) is 0 Å². The number of benzene rings is 1. The van der Waals surface area contributed by atoms with Crippen molar-refractivity contribution in [2.75, 3.05) is 6.61 Å². The summed E-state index contributed by atoms with van der Waals surface area (Å²) in [6.07, 6.45) is -3.18. The van der Waals surface area contributed by atoms with Crippen molar-refractivity contribution in [2.24, 2.45) is 0 Å². The molecular formula is C17H22O7. The number of hydrogen-bond acceptors (Lipinski definition) is 7. The third-order valence-corrected chi connectivity index (χ3v) is 3.56. The van der Waals surface area contributed by atoms with E-state index in [9.17, 15) is 14.7 Å². The molecule has 7 nitrogen and oxygen atoms in total. The van der Waals surface area contributed by atoms with Gasteiger partial charge in [-0.3, -0.25) is 9.59 Å². The quantitative estimate of drug-likeness (QED) is 0.779. The first-order valence-electron chi connectivity index (χ1n) is 7.75. The van der Waals surface area contributed by atoms with Gasteiger partial charge in [-0.05, 0) is 5.56 Å². The van der Waals surface area contributed by atoms with E-state index in [0.29, 0.717) is 6.61 Å². The maximum atomic E-state index is 11.2. The van der Waals surface area contributed by atoms with Gasteiger partial charge in [0.1, 0.15) is 24.9 Å². The summed E-state index contributed by atoms with van der Waals surface area (Å²) >= 11 is 0. The Morgan fingerprint density at radius 2 is 1.92 bits per heavy atom. The van der Waals surface area contributed by atoms with Crippen LogP contribution < -0.4 is 0 Å². The molecule has 0 amide bonds. The molecule has 1 aromatic rings. The highest BCUT2D eigenvalue weighted by Crippen LogP contribution is 2.25. The Morgan fingerprint density at radius 1 is 1.21 bits per heavy atom. The van der Waals surface area contributed by atoms with Crippen molar-refractivity contribution in [1.29, 1.82) is 0 Å². The summed E-state index contributed by atoms with van der Waals surface area (Å²) < 4.78 is 21.4. The molecule has 7 heteroatoms. The third kappa shape index (κ3) is 5.59. The molecule has 132 valence electrons.